The second kappa shape index (κ2) is 6.58. The third-order valence-corrected chi connectivity index (χ3v) is 6.50. The summed E-state index contributed by atoms with van der Waals surface area (Å²) in [7, 11) is -3.37. The van der Waals surface area contributed by atoms with Gasteiger partial charge in [0.15, 0.2) is 0 Å². The molecule has 1 atom stereocenters. The molecular formula is C15H22BrNO2S. The Morgan fingerprint density at radius 3 is 2.70 bits per heavy atom. The van der Waals surface area contributed by atoms with Gasteiger partial charge in [0, 0.05) is 17.9 Å². The van der Waals surface area contributed by atoms with Crippen molar-refractivity contribution >= 4 is 26.0 Å². The van der Waals surface area contributed by atoms with Crippen molar-refractivity contribution < 1.29 is 8.42 Å². The number of hydrogen-bond donors (Lipinski definition) is 0. The molecule has 3 nitrogen and oxygen atoms in total. The Bertz CT molecular complexity index is 569. The van der Waals surface area contributed by atoms with E-state index in [1.54, 1.807) is 10.4 Å². The van der Waals surface area contributed by atoms with Gasteiger partial charge in [-0.15, -0.1) is 0 Å². The Kier molecular flexibility index (Phi) is 5.26. The summed E-state index contributed by atoms with van der Waals surface area (Å²) in [5, 5.41) is 0.844. The van der Waals surface area contributed by atoms with Crippen LogP contribution in [0.25, 0.3) is 0 Å². The number of hydrogen-bond acceptors (Lipinski definition) is 2. The number of halogens is 1. The summed E-state index contributed by atoms with van der Waals surface area (Å²) in [6.07, 6.45) is 3.93. The molecule has 20 heavy (non-hydrogen) atoms. The Morgan fingerprint density at radius 2 is 2.05 bits per heavy atom. The van der Waals surface area contributed by atoms with Crippen LogP contribution in [0.4, 0.5) is 0 Å². The first kappa shape index (κ1) is 16.0. The predicted octanol–water partition coefficient (Wildman–Crippen LogP) is 3.63. The van der Waals surface area contributed by atoms with E-state index in [9.17, 15) is 8.42 Å². The fraction of sp³-hybridized carbons (Fsp3) is 0.600. The highest BCUT2D eigenvalue weighted by Gasteiger charge is 2.33. The fourth-order valence-electron chi connectivity index (χ4n) is 2.92. The summed E-state index contributed by atoms with van der Waals surface area (Å²) in [5.41, 5.74) is 1.94. The summed E-state index contributed by atoms with van der Waals surface area (Å²) in [5.74, 6) is 0. The molecule has 1 unspecified atom stereocenters. The summed E-state index contributed by atoms with van der Waals surface area (Å²) in [6.45, 7) is 4.51. The van der Waals surface area contributed by atoms with E-state index in [0.717, 1.165) is 42.1 Å². The van der Waals surface area contributed by atoms with Gasteiger partial charge in [0.05, 0.1) is 4.90 Å². The number of nitrogens with zero attached hydrogens (tertiary/aromatic N) is 1. The second-order valence-corrected chi connectivity index (χ2v) is 8.16. The van der Waals surface area contributed by atoms with E-state index in [4.69, 9.17) is 0 Å². The topological polar surface area (TPSA) is 37.4 Å². The zero-order valence-electron chi connectivity index (χ0n) is 12.1. The normalized spacial score (nSPS) is 21.1. The van der Waals surface area contributed by atoms with Crippen molar-refractivity contribution in [3.8, 4) is 0 Å². The first-order valence-electron chi connectivity index (χ1n) is 7.12. The minimum Gasteiger partial charge on any atom is -0.207 e. The van der Waals surface area contributed by atoms with Crippen LogP contribution in [-0.4, -0.2) is 30.6 Å². The van der Waals surface area contributed by atoms with Crippen LogP contribution < -0.4 is 0 Å². The molecule has 1 aliphatic rings. The Labute approximate surface area is 130 Å². The highest BCUT2D eigenvalue weighted by atomic mass is 79.9. The number of alkyl halides is 1. The van der Waals surface area contributed by atoms with Crippen LogP contribution in [0.15, 0.2) is 23.1 Å². The van der Waals surface area contributed by atoms with Gasteiger partial charge in [-0.1, -0.05) is 40.0 Å². The third kappa shape index (κ3) is 3.26. The lowest BCUT2D eigenvalue weighted by Crippen LogP contribution is -2.44. The number of benzene rings is 1. The molecule has 1 aromatic rings. The zero-order valence-corrected chi connectivity index (χ0v) is 14.5. The molecule has 1 fully saturated rings. The maximum Gasteiger partial charge on any atom is 0.243 e. The van der Waals surface area contributed by atoms with Crippen molar-refractivity contribution in [2.75, 3.05) is 11.9 Å². The molecular weight excluding hydrogens is 338 g/mol. The number of piperidine rings is 1. The lowest BCUT2D eigenvalue weighted by Gasteiger charge is -2.34. The molecule has 1 aliphatic heterocycles. The van der Waals surface area contributed by atoms with Gasteiger partial charge in [0.1, 0.15) is 0 Å². The average Bonchev–Trinajstić information content (AvgIpc) is 2.39. The molecule has 0 radical (unpaired) electrons. The van der Waals surface area contributed by atoms with E-state index in [-0.39, 0.29) is 6.04 Å². The van der Waals surface area contributed by atoms with Gasteiger partial charge < -0.3 is 0 Å². The molecule has 5 heteroatoms. The standard InChI is InChI=1S/C15H22BrNO2S/c1-12-6-7-15(13(2)11-12)20(18,19)17-10-4-3-5-14(17)8-9-16/h6-7,11,14H,3-5,8-10H2,1-2H3. The Hall–Kier alpha value is -0.390. The summed E-state index contributed by atoms with van der Waals surface area (Å²) < 4.78 is 27.5. The van der Waals surface area contributed by atoms with Gasteiger partial charge in [-0.3, -0.25) is 0 Å². The van der Waals surface area contributed by atoms with Crippen LogP contribution in [-0.2, 0) is 10.0 Å². The molecule has 0 aromatic heterocycles. The number of rotatable bonds is 4. The van der Waals surface area contributed by atoms with Gasteiger partial charge in [0.25, 0.3) is 0 Å². The Morgan fingerprint density at radius 1 is 1.30 bits per heavy atom. The van der Waals surface area contributed by atoms with E-state index >= 15 is 0 Å². The van der Waals surface area contributed by atoms with Crippen LogP contribution in [0.3, 0.4) is 0 Å². The van der Waals surface area contributed by atoms with Gasteiger partial charge in [-0.2, -0.15) is 4.31 Å². The summed E-state index contributed by atoms with van der Waals surface area (Å²) in [6, 6.07) is 5.70. The maximum atomic E-state index is 12.9. The van der Waals surface area contributed by atoms with Crippen LogP contribution in [0.2, 0.25) is 0 Å². The summed E-state index contributed by atoms with van der Waals surface area (Å²) in [4.78, 5) is 0.463. The van der Waals surface area contributed by atoms with Gasteiger partial charge in [-0.05, 0) is 44.7 Å². The van der Waals surface area contributed by atoms with E-state index in [0.29, 0.717) is 11.4 Å². The van der Waals surface area contributed by atoms with Crippen LogP contribution >= 0.6 is 15.9 Å². The van der Waals surface area contributed by atoms with E-state index in [1.165, 1.54) is 0 Å². The quantitative estimate of drug-likeness (QED) is 0.769. The maximum absolute atomic E-state index is 12.9. The molecule has 0 amide bonds. The Balaban J connectivity index is 2.37. The molecule has 0 N–H and O–H groups in total. The second-order valence-electron chi connectivity index (χ2n) is 5.51. The molecule has 1 aromatic carbocycles. The molecule has 112 valence electrons. The highest BCUT2D eigenvalue weighted by Crippen LogP contribution is 2.29. The lowest BCUT2D eigenvalue weighted by molar-refractivity contribution is 0.248. The first-order valence-corrected chi connectivity index (χ1v) is 9.68. The monoisotopic (exact) mass is 359 g/mol. The predicted molar refractivity (Wildman–Crippen MR) is 85.9 cm³/mol. The largest absolute Gasteiger partial charge is 0.243 e. The average molecular weight is 360 g/mol. The van der Waals surface area contributed by atoms with E-state index < -0.39 is 10.0 Å². The van der Waals surface area contributed by atoms with E-state index in [1.807, 2.05) is 26.0 Å². The number of aryl methyl sites for hydroxylation is 2. The zero-order chi connectivity index (χ0) is 14.8. The van der Waals surface area contributed by atoms with Crippen LogP contribution in [0, 0.1) is 13.8 Å². The third-order valence-electron chi connectivity index (χ3n) is 3.93. The molecule has 1 heterocycles. The highest BCUT2D eigenvalue weighted by molar-refractivity contribution is 9.09. The molecule has 0 spiro atoms. The van der Waals surface area contributed by atoms with Crippen molar-refractivity contribution in [1.29, 1.82) is 0 Å². The van der Waals surface area contributed by atoms with Crippen molar-refractivity contribution in [1.82, 2.24) is 4.31 Å². The molecule has 1 saturated heterocycles. The molecule has 0 bridgehead atoms. The van der Waals surface area contributed by atoms with Gasteiger partial charge >= 0.3 is 0 Å². The van der Waals surface area contributed by atoms with Crippen LogP contribution in [0.5, 0.6) is 0 Å². The van der Waals surface area contributed by atoms with Crippen molar-refractivity contribution in [2.24, 2.45) is 0 Å². The van der Waals surface area contributed by atoms with Crippen molar-refractivity contribution in [3.05, 3.63) is 29.3 Å². The van der Waals surface area contributed by atoms with Gasteiger partial charge in [0.2, 0.25) is 10.0 Å². The molecule has 0 saturated carbocycles. The summed E-state index contributed by atoms with van der Waals surface area (Å²) >= 11 is 3.44. The van der Waals surface area contributed by atoms with Crippen molar-refractivity contribution in [3.63, 3.8) is 0 Å². The van der Waals surface area contributed by atoms with E-state index in [2.05, 4.69) is 15.9 Å². The van der Waals surface area contributed by atoms with Crippen molar-refractivity contribution in [2.45, 2.75) is 50.5 Å². The molecule has 0 aliphatic carbocycles. The number of sulfonamides is 1. The smallest absolute Gasteiger partial charge is 0.207 e. The fourth-order valence-corrected chi connectivity index (χ4v) is 5.38. The lowest BCUT2D eigenvalue weighted by atomic mass is 10.0. The van der Waals surface area contributed by atoms with Crippen LogP contribution in [0.1, 0.15) is 36.8 Å². The SMILES string of the molecule is Cc1ccc(S(=O)(=O)N2CCCCC2CCBr)c(C)c1. The molecule has 2 rings (SSSR count). The minimum absolute atomic E-state index is 0.133. The first-order chi connectivity index (χ1) is 9.46. The minimum atomic E-state index is -3.37. The van der Waals surface area contributed by atoms with Gasteiger partial charge in [-0.25, -0.2) is 8.42 Å².